The summed E-state index contributed by atoms with van der Waals surface area (Å²) < 4.78 is 17.0. The van der Waals surface area contributed by atoms with Crippen LogP contribution in [0.3, 0.4) is 0 Å². The maximum atomic E-state index is 12.3. The van der Waals surface area contributed by atoms with Gasteiger partial charge in [-0.05, 0) is 52.2 Å². The Morgan fingerprint density at radius 3 is 2.77 bits per heavy atom. The maximum Gasteiger partial charge on any atom is 0.363 e. The molecule has 31 heavy (non-hydrogen) atoms. The van der Waals surface area contributed by atoms with Crippen molar-refractivity contribution in [3.63, 3.8) is 0 Å². The molecule has 0 spiro atoms. The highest BCUT2D eigenvalue weighted by Gasteiger charge is 2.27. The minimum atomic E-state index is -0.698. The van der Waals surface area contributed by atoms with Gasteiger partial charge >= 0.3 is 5.97 Å². The Balaban J connectivity index is 1.94. The number of halogens is 2. The van der Waals surface area contributed by atoms with Gasteiger partial charge in [0.2, 0.25) is 5.90 Å². The Morgan fingerprint density at radius 2 is 2.10 bits per heavy atom. The van der Waals surface area contributed by atoms with E-state index in [1.165, 1.54) is 31.4 Å². The molecule has 0 amide bonds. The number of nitro groups is 1. The number of non-ortho nitro benzene ring substituents is 1. The van der Waals surface area contributed by atoms with E-state index in [0.29, 0.717) is 28.1 Å². The molecule has 0 bridgehead atoms. The predicted octanol–water partition coefficient (Wildman–Crippen LogP) is 5.54. The first-order valence-electron chi connectivity index (χ1n) is 9.31. The minimum Gasteiger partial charge on any atom is -0.493 e. The molecule has 0 atom stereocenters. The van der Waals surface area contributed by atoms with Gasteiger partial charge in [0.15, 0.2) is 17.2 Å². The monoisotopic (exact) mass is 508 g/mol. The minimum absolute atomic E-state index is 0.0196. The second-order valence-electron chi connectivity index (χ2n) is 6.49. The standard InChI is InChI=1S/C21H18BrClN2O6/c1-3-4-7-30-19-15(22)8-12(10-18(19)29-2)9-17-21(26)31-20(24-17)14-11-13(25(27)28)5-6-16(14)23/h5-6,8-11H,3-4,7H2,1-2H3/b17-9-. The fraction of sp³-hybridized carbons (Fsp3) is 0.238. The summed E-state index contributed by atoms with van der Waals surface area (Å²) in [5.74, 6) is 0.265. The highest BCUT2D eigenvalue weighted by Crippen LogP contribution is 2.38. The number of nitrogens with zero attached hydrogens (tertiary/aromatic N) is 2. The van der Waals surface area contributed by atoms with Gasteiger partial charge in [0, 0.05) is 12.1 Å². The number of nitro benzene ring substituents is 1. The highest BCUT2D eigenvalue weighted by molar-refractivity contribution is 9.10. The number of hydrogen-bond donors (Lipinski definition) is 0. The Labute approximate surface area is 191 Å². The third-order valence-corrected chi connectivity index (χ3v) is 5.23. The lowest BCUT2D eigenvalue weighted by molar-refractivity contribution is -0.384. The summed E-state index contributed by atoms with van der Waals surface area (Å²) in [5, 5.41) is 11.2. The third-order valence-electron chi connectivity index (χ3n) is 4.31. The molecule has 1 heterocycles. The van der Waals surface area contributed by atoms with Gasteiger partial charge in [-0.3, -0.25) is 10.1 Å². The van der Waals surface area contributed by atoms with Crippen LogP contribution in [0.5, 0.6) is 11.5 Å². The van der Waals surface area contributed by atoms with Crippen molar-refractivity contribution in [1.82, 2.24) is 0 Å². The summed E-state index contributed by atoms with van der Waals surface area (Å²) in [6.45, 7) is 2.62. The first-order valence-corrected chi connectivity index (χ1v) is 10.5. The number of ether oxygens (including phenoxy) is 3. The van der Waals surface area contributed by atoms with Gasteiger partial charge in [-0.1, -0.05) is 24.9 Å². The van der Waals surface area contributed by atoms with E-state index in [4.69, 9.17) is 25.8 Å². The second-order valence-corrected chi connectivity index (χ2v) is 7.75. The molecule has 0 saturated heterocycles. The van der Waals surface area contributed by atoms with Gasteiger partial charge in [0.25, 0.3) is 5.69 Å². The van der Waals surface area contributed by atoms with Crippen molar-refractivity contribution < 1.29 is 23.9 Å². The zero-order chi connectivity index (χ0) is 22.5. The van der Waals surface area contributed by atoms with E-state index in [9.17, 15) is 14.9 Å². The van der Waals surface area contributed by atoms with Crippen LogP contribution in [0.15, 0.2) is 45.5 Å². The predicted molar refractivity (Wildman–Crippen MR) is 120 cm³/mol. The van der Waals surface area contributed by atoms with Crippen LogP contribution in [0, 0.1) is 10.1 Å². The van der Waals surface area contributed by atoms with Crippen molar-refractivity contribution in [2.24, 2.45) is 4.99 Å². The van der Waals surface area contributed by atoms with E-state index in [-0.39, 0.29) is 27.9 Å². The fourth-order valence-corrected chi connectivity index (χ4v) is 3.53. The van der Waals surface area contributed by atoms with Crippen LogP contribution < -0.4 is 9.47 Å². The number of methoxy groups -OCH3 is 1. The zero-order valence-electron chi connectivity index (χ0n) is 16.7. The molecule has 8 nitrogen and oxygen atoms in total. The van der Waals surface area contributed by atoms with Crippen LogP contribution >= 0.6 is 27.5 Å². The zero-order valence-corrected chi connectivity index (χ0v) is 19.0. The van der Waals surface area contributed by atoms with Gasteiger partial charge < -0.3 is 14.2 Å². The molecule has 0 aromatic heterocycles. The molecular weight excluding hydrogens is 492 g/mol. The molecule has 0 saturated carbocycles. The Morgan fingerprint density at radius 1 is 1.32 bits per heavy atom. The molecule has 10 heteroatoms. The Hall–Kier alpha value is -2.91. The number of unbranched alkanes of at least 4 members (excludes halogenated alkanes) is 1. The SMILES string of the molecule is CCCCOc1c(Br)cc(/C=C2\N=C(c3cc([N+](=O)[O-])ccc3Cl)OC2=O)cc1OC. The van der Waals surface area contributed by atoms with Crippen molar-refractivity contribution >= 4 is 51.2 Å². The van der Waals surface area contributed by atoms with Crippen LogP contribution in [0.2, 0.25) is 5.02 Å². The number of rotatable bonds is 8. The number of hydrogen-bond acceptors (Lipinski definition) is 7. The van der Waals surface area contributed by atoms with Gasteiger partial charge in [-0.15, -0.1) is 0 Å². The van der Waals surface area contributed by atoms with Crippen molar-refractivity contribution in [2.45, 2.75) is 19.8 Å². The summed E-state index contributed by atoms with van der Waals surface area (Å²) in [6.07, 6.45) is 3.43. The van der Waals surface area contributed by atoms with Crippen LogP contribution in [-0.4, -0.2) is 30.5 Å². The van der Waals surface area contributed by atoms with Crippen LogP contribution in [0.1, 0.15) is 30.9 Å². The van der Waals surface area contributed by atoms with E-state index < -0.39 is 10.9 Å². The fourth-order valence-electron chi connectivity index (χ4n) is 2.75. The highest BCUT2D eigenvalue weighted by atomic mass is 79.9. The lowest BCUT2D eigenvalue weighted by Crippen LogP contribution is -2.06. The van der Waals surface area contributed by atoms with Crippen LogP contribution in [0.4, 0.5) is 5.69 Å². The average Bonchev–Trinajstić information content (AvgIpc) is 3.09. The smallest absolute Gasteiger partial charge is 0.363 e. The molecule has 0 N–H and O–H groups in total. The lowest BCUT2D eigenvalue weighted by Gasteiger charge is -2.13. The van der Waals surface area contributed by atoms with E-state index >= 15 is 0 Å². The molecule has 0 unspecified atom stereocenters. The summed E-state index contributed by atoms with van der Waals surface area (Å²) in [5.41, 5.74) is 0.605. The topological polar surface area (TPSA) is 100 Å². The number of carbonyl (C=O) groups excluding carboxylic acids is 1. The van der Waals surface area contributed by atoms with Gasteiger partial charge in [-0.25, -0.2) is 9.79 Å². The first-order chi connectivity index (χ1) is 14.8. The quantitative estimate of drug-likeness (QED) is 0.152. The van der Waals surface area contributed by atoms with Gasteiger partial charge in [0.1, 0.15) is 0 Å². The molecular formula is C21H18BrClN2O6. The largest absolute Gasteiger partial charge is 0.493 e. The van der Waals surface area contributed by atoms with Gasteiger partial charge in [-0.2, -0.15) is 0 Å². The van der Waals surface area contributed by atoms with Crippen molar-refractivity contribution in [1.29, 1.82) is 0 Å². The third kappa shape index (κ3) is 5.23. The summed E-state index contributed by atoms with van der Waals surface area (Å²) in [7, 11) is 1.52. The lowest BCUT2D eigenvalue weighted by atomic mass is 10.1. The molecule has 0 fully saturated rings. The number of carbonyl (C=O) groups is 1. The Kier molecular flexibility index (Phi) is 7.29. The Bertz CT molecular complexity index is 1100. The molecule has 0 aliphatic carbocycles. The molecule has 2 aromatic carbocycles. The molecule has 1 aliphatic rings. The van der Waals surface area contributed by atoms with E-state index in [2.05, 4.69) is 27.8 Å². The maximum absolute atomic E-state index is 12.3. The molecule has 2 aromatic rings. The van der Waals surface area contributed by atoms with E-state index in [1.807, 2.05) is 0 Å². The summed E-state index contributed by atoms with van der Waals surface area (Å²) in [6, 6.07) is 7.29. The number of benzene rings is 2. The molecule has 0 radical (unpaired) electrons. The summed E-state index contributed by atoms with van der Waals surface area (Å²) >= 11 is 9.58. The number of aliphatic imine (C=N–C) groups is 1. The number of esters is 1. The van der Waals surface area contributed by atoms with Gasteiger partial charge in [0.05, 0.1) is 33.7 Å². The molecule has 162 valence electrons. The van der Waals surface area contributed by atoms with Crippen LogP contribution in [-0.2, 0) is 9.53 Å². The van der Waals surface area contributed by atoms with Crippen LogP contribution in [0.25, 0.3) is 6.08 Å². The number of cyclic esters (lactones) is 1. The van der Waals surface area contributed by atoms with E-state index in [1.54, 1.807) is 12.1 Å². The van der Waals surface area contributed by atoms with E-state index in [0.717, 1.165) is 12.8 Å². The van der Waals surface area contributed by atoms with Crippen molar-refractivity contribution in [2.75, 3.05) is 13.7 Å². The average molecular weight is 510 g/mol. The van der Waals surface area contributed by atoms with Crippen molar-refractivity contribution in [3.05, 3.63) is 66.8 Å². The van der Waals surface area contributed by atoms with Crippen molar-refractivity contribution in [3.8, 4) is 11.5 Å². The second kappa shape index (κ2) is 9.93. The molecule has 1 aliphatic heterocycles. The summed E-state index contributed by atoms with van der Waals surface area (Å²) in [4.78, 5) is 27.0. The molecule has 3 rings (SSSR count). The first kappa shape index (κ1) is 22.8. The normalized spacial score (nSPS) is 14.4.